The quantitative estimate of drug-likeness (QED) is 0.274. The van der Waals surface area contributed by atoms with Crippen LogP contribution in [0.15, 0.2) is 140 Å². The van der Waals surface area contributed by atoms with Crippen molar-refractivity contribution in [2.24, 2.45) is 0 Å². The van der Waals surface area contributed by atoms with Crippen LogP contribution >= 0.6 is 11.6 Å². The molecule has 0 bridgehead atoms. The summed E-state index contributed by atoms with van der Waals surface area (Å²) in [6, 6.07) is 47.6. The first-order valence-electron chi connectivity index (χ1n) is 10.8. The van der Waals surface area contributed by atoms with E-state index in [1.165, 1.54) is 10.7 Å². The Bertz CT molecular complexity index is 1170. The van der Waals surface area contributed by atoms with Crippen molar-refractivity contribution in [3.05, 3.63) is 145 Å². The second kappa shape index (κ2) is 11.7. The Hall–Kier alpha value is -3.01. The fourth-order valence-corrected chi connectivity index (χ4v) is 11.2. The second-order valence-electron chi connectivity index (χ2n) is 7.50. The molecule has 0 aromatic heterocycles. The molecule has 0 saturated heterocycles. The van der Waals surface area contributed by atoms with E-state index in [1.54, 1.807) is 18.2 Å². The number of hydrogen-bond acceptors (Lipinski definition) is 1. The number of benzene rings is 5. The molecule has 0 aliphatic carbocycles. The molecule has 5 aromatic rings. The van der Waals surface area contributed by atoms with E-state index in [0.29, 0.717) is 5.02 Å². The first-order valence-corrected chi connectivity index (χ1v) is 15.5. The van der Waals surface area contributed by atoms with Crippen molar-refractivity contribution in [1.82, 2.24) is 0 Å². The van der Waals surface area contributed by atoms with Gasteiger partial charge in [0.25, 0.3) is 0 Å². The molecule has 0 heterocycles. The average Bonchev–Trinajstić information content (AvgIpc) is 2.89. The molecular weight excluding hydrogens is 530 g/mol. The second-order valence-corrected chi connectivity index (χ2v) is 15.0. The molecular formula is C30H24ClOSn. The SMILES string of the molecule is Oc1ccc(Cl)cc1-c1ccccc1.c1cc[c]([Sn]([c]2ccccc2)[c]2ccccc2)cc1. The number of hydrogen-bond donors (Lipinski definition) is 1. The zero-order chi connectivity index (χ0) is 22.9. The topological polar surface area (TPSA) is 20.2 Å². The van der Waals surface area contributed by atoms with Gasteiger partial charge in [-0.05, 0) is 23.8 Å². The van der Waals surface area contributed by atoms with Crippen LogP contribution in [-0.2, 0) is 0 Å². The Morgan fingerprint density at radius 3 is 1.30 bits per heavy atom. The van der Waals surface area contributed by atoms with Crippen LogP contribution < -0.4 is 10.7 Å². The minimum atomic E-state index is -1.98. The summed E-state index contributed by atoms with van der Waals surface area (Å²) >= 11 is 3.87. The van der Waals surface area contributed by atoms with E-state index in [2.05, 4.69) is 91.0 Å². The molecule has 5 rings (SSSR count). The summed E-state index contributed by atoms with van der Waals surface area (Å²) < 4.78 is 4.59. The first kappa shape index (κ1) is 23.2. The number of aromatic hydroxyl groups is 1. The van der Waals surface area contributed by atoms with Gasteiger partial charge in [-0.15, -0.1) is 0 Å². The van der Waals surface area contributed by atoms with E-state index < -0.39 is 19.8 Å². The van der Waals surface area contributed by atoms with Gasteiger partial charge in [-0.25, -0.2) is 0 Å². The van der Waals surface area contributed by atoms with E-state index in [4.69, 9.17) is 11.6 Å². The van der Waals surface area contributed by atoms with Gasteiger partial charge < -0.3 is 5.11 Å². The van der Waals surface area contributed by atoms with Crippen LogP contribution in [0.5, 0.6) is 5.75 Å². The zero-order valence-electron chi connectivity index (χ0n) is 18.1. The monoisotopic (exact) mass is 555 g/mol. The van der Waals surface area contributed by atoms with Crippen LogP contribution in [0.1, 0.15) is 0 Å². The fourth-order valence-electron chi connectivity index (χ4n) is 3.67. The van der Waals surface area contributed by atoms with Gasteiger partial charge in [0, 0.05) is 10.6 Å². The van der Waals surface area contributed by atoms with Crippen molar-refractivity contribution in [3.63, 3.8) is 0 Å². The number of halogens is 1. The van der Waals surface area contributed by atoms with Crippen LogP contribution in [0.4, 0.5) is 0 Å². The van der Waals surface area contributed by atoms with Gasteiger partial charge in [-0.1, -0.05) is 41.9 Å². The maximum atomic E-state index is 9.63. The molecule has 0 atom stereocenters. The Balaban J connectivity index is 0.000000165. The zero-order valence-corrected chi connectivity index (χ0v) is 21.7. The van der Waals surface area contributed by atoms with E-state index in [9.17, 15) is 5.11 Å². The number of rotatable bonds is 4. The van der Waals surface area contributed by atoms with E-state index in [0.717, 1.165) is 11.1 Å². The Kier molecular flexibility index (Phi) is 8.24. The summed E-state index contributed by atoms with van der Waals surface area (Å²) in [6.07, 6.45) is 0. The Morgan fingerprint density at radius 1 is 0.485 bits per heavy atom. The van der Waals surface area contributed by atoms with E-state index >= 15 is 0 Å². The number of phenolic OH excluding ortho intramolecular Hbond substituents is 1. The molecule has 5 aromatic carbocycles. The van der Waals surface area contributed by atoms with Crippen molar-refractivity contribution >= 4 is 42.1 Å². The first-order chi connectivity index (χ1) is 16.2. The van der Waals surface area contributed by atoms with Crippen molar-refractivity contribution in [2.45, 2.75) is 0 Å². The van der Waals surface area contributed by atoms with Crippen LogP contribution in [0, 0.1) is 0 Å². The minimum absolute atomic E-state index is 0.251. The normalized spacial score (nSPS) is 10.4. The number of phenols is 1. The molecule has 3 heteroatoms. The molecule has 33 heavy (non-hydrogen) atoms. The molecule has 0 aliphatic heterocycles. The Labute approximate surface area is 207 Å². The molecule has 1 radical (unpaired) electrons. The molecule has 161 valence electrons. The van der Waals surface area contributed by atoms with E-state index in [-0.39, 0.29) is 5.75 Å². The summed E-state index contributed by atoms with van der Waals surface area (Å²) in [4.78, 5) is 0. The summed E-state index contributed by atoms with van der Waals surface area (Å²) in [7, 11) is 0. The van der Waals surface area contributed by atoms with Crippen LogP contribution in [0.3, 0.4) is 0 Å². The third-order valence-electron chi connectivity index (χ3n) is 5.23. The van der Waals surface area contributed by atoms with Crippen LogP contribution in [0.25, 0.3) is 11.1 Å². The van der Waals surface area contributed by atoms with Crippen molar-refractivity contribution in [1.29, 1.82) is 0 Å². The molecule has 1 nitrogen and oxygen atoms in total. The molecule has 0 amide bonds. The standard InChI is InChI=1S/C12H9ClO.3C6H5.Sn/c13-10-6-7-12(14)11(8-10)9-4-2-1-3-5-9;3*1-2-4-6-5-3-1;/h1-8,14H;3*1-5H;. The summed E-state index contributed by atoms with van der Waals surface area (Å²) in [5.74, 6) is 0.251. The molecule has 1 N–H and O–H groups in total. The van der Waals surface area contributed by atoms with Gasteiger partial charge in [-0.3, -0.25) is 0 Å². The predicted molar refractivity (Wildman–Crippen MR) is 143 cm³/mol. The van der Waals surface area contributed by atoms with Crippen LogP contribution in [-0.4, -0.2) is 24.9 Å². The fraction of sp³-hybridized carbons (Fsp3) is 0. The summed E-state index contributed by atoms with van der Waals surface area (Å²) in [5, 5.41) is 10.3. The van der Waals surface area contributed by atoms with Gasteiger partial charge in [0.2, 0.25) is 0 Å². The van der Waals surface area contributed by atoms with Gasteiger partial charge in [0.15, 0.2) is 0 Å². The molecule has 0 spiro atoms. The third-order valence-corrected chi connectivity index (χ3v) is 13.3. The van der Waals surface area contributed by atoms with Crippen molar-refractivity contribution in [2.75, 3.05) is 0 Å². The average molecular weight is 555 g/mol. The Morgan fingerprint density at radius 2 is 0.879 bits per heavy atom. The van der Waals surface area contributed by atoms with Crippen LogP contribution in [0.2, 0.25) is 5.02 Å². The molecule has 0 saturated carbocycles. The van der Waals surface area contributed by atoms with Gasteiger partial charge in [0.05, 0.1) is 0 Å². The summed E-state index contributed by atoms with van der Waals surface area (Å²) in [5.41, 5.74) is 1.73. The predicted octanol–water partition coefficient (Wildman–Crippen LogP) is 5.92. The molecule has 0 aliphatic rings. The van der Waals surface area contributed by atoms with Gasteiger partial charge in [-0.2, -0.15) is 0 Å². The van der Waals surface area contributed by atoms with Gasteiger partial charge >= 0.3 is 121 Å². The van der Waals surface area contributed by atoms with Crippen molar-refractivity contribution < 1.29 is 5.11 Å². The maximum absolute atomic E-state index is 9.63. The van der Waals surface area contributed by atoms with Crippen molar-refractivity contribution in [3.8, 4) is 16.9 Å². The molecule has 0 unspecified atom stereocenters. The van der Waals surface area contributed by atoms with E-state index in [1.807, 2.05) is 30.3 Å². The van der Waals surface area contributed by atoms with Gasteiger partial charge in [0.1, 0.15) is 5.75 Å². The molecule has 0 fully saturated rings. The third kappa shape index (κ3) is 6.28. The summed E-state index contributed by atoms with van der Waals surface area (Å²) in [6.45, 7) is 0.